The van der Waals surface area contributed by atoms with E-state index in [1.165, 1.54) is 0 Å². The van der Waals surface area contributed by atoms with Crippen LogP contribution in [0.15, 0.2) is 0 Å². The van der Waals surface area contributed by atoms with Crippen molar-refractivity contribution >= 4 is 23.9 Å². The number of aromatic nitrogens is 3. The highest BCUT2D eigenvalue weighted by atomic mass is 32.1. The Labute approximate surface area is 147 Å². The highest BCUT2D eigenvalue weighted by Crippen LogP contribution is 2.40. The standard InChI is InChI=1S/C17H26N4O2S/c1-10(2)15-19-20-17(24)21(15)7-6-18-16(23)13-8-11-4-3-5-12(9-13)14(11)22/h10-13H,3-9H2,1-2H3,(H,18,23)(H,20,24)/t11-,12+,13?. The normalized spacial score (nSPS) is 26.6. The van der Waals surface area contributed by atoms with Crippen molar-refractivity contribution in [3.05, 3.63) is 10.6 Å². The molecule has 2 N–H and O–H groups in total. The van der Waals surface area contributed by atoms with Crippen LogP contribution in [0.3, 0.4) is 0 Å². The van der Waals surface area contributed by atoms with Crippen molar-refractivity contribution in [1.82, 2.24) is 20.1 Å². The van der Waals surface area contributed by atoms with Gasteiger partial charge in [-0.15, -0.1) is 0 Å². The van der Waals surface area contributed by atoms with E-state index in [1.54, 1.807) is 0 Å². The molecule has 1 amide bonds. The minimum atomic E-state index is -0.0140. The average molecular weight is 350 g/mol. The van der Waals surface area contributed by atoms with E-state index in [1.807, 2.05) is 4.57 Å². The minimum Gasteiger partial charge on any atom is -0.354 e. The van der Waals surface area contributed by atoms with Gasteiger partial charge in [0, 0.05) is 36.8 Å². The number of ketones is 1. The van der Waals surface area contributed by atoms with Crippen LogP contribution in [0.25, 0.3) is 0 Å². The molecule has 6 nitrogen and oxygen atoms in total. The van der Waals surface area contributed by atoms with Crippen molar-refractivity contribution in [2.24, 2.45) is 17.8 Å². The van der Waals surface area contributed by atoms with Crippen LogP contribution in [0.4, 0.5) is 0 Å². The summed E-state index contributed by atoms with van der Waals surface area (Å²) in [7, 11) is 0. The van der Waals surface area contributed by atoms with Crippen LogP contribution in [0.1, 0.15) is 57.7 Å². The maximum Gasteiger partial charge on any atom is 0.223 e. The lowest BCUT2D eigenvalue weighted by molar-refractivity contribution is -0.137. The highest BCUT2D eigenvalue weighted by molar-refractivity contribution is 7.71. The Kier molecular flexibility index (Phi) is 5.18. The number of hydrogen-bond donors (Lipinski definition) is 2. The topological polar surface area (TPSA) is 79.8 Å². The Morgan fingerprint density at radius 3 is 2.67 bits per heavy atom. The first kappa shape index (κ1) is 17.3. The summed E-state index contributed by atoms with van der Waals surface area (Å²) in [5.41, 5.74) is 0. The molecule has 2 bridgehead atoms. The quantitative estimate of drug-likeness (QED) is 0.800. The Morgan fingerprint density at radius 1 is 1.38 bits per heavy atom. The van der Waals surface area contributed by atoms with Crippen LogP contribution >= 0.6 is 12.2 Å². The number of fused-ring (bicyclic) bond motifs is 2. The van der Waals surface area contributed by atoms with Crippen LogP contribution in [-0.2, 0) is 16.1 Å². The molecule has 1 aromatic rings. The molecule has 3 atom stereocenters. The van der Waals surface area contributed by atoms with Crippen molar-refractivity contribution < 1.29 is 9.59 Å². The van der Waals surface area contributed by atoms with E-state index in [2.05, 4.69) is 29.4 Å². The fourth-order valence-corrected chi connectivity index (χ4v) is 4.35. The van der Waals surface area contributed by atoms with Crippen LogP contribution in [0.2, 0.25) is 0 Å². The number of H-pyrrole nitrogens is 1. The van der Waals surface area contributed by atoms with Gasteiger partial charge in [0.1, 0.15) is 11.6 Å². The maximum absolute atomic E-state index is 12.5. The summed E-state index contributed by atoms with van der Waals surface area (Å²) in [6.07, 6.45) is 4.50. The second-order valence-electron chi connectivity index (χ2n) is 7.38. The van der Waals surface area contributed by atoms with Gasteiger partial charge >= 0.3 is 0 Å². The molecule has 132 valence electrons. The molecule has 1 unspecified atom stereocenters. The van der Waals surface area contributed by atoms with Crippen LogP contribution in [0.5, 0.6) is 0 Å². The van der Waals surface area contributed by atoms with Crippen LogP contribution in [0, 0.1) is 22.5 Å². The Morgan fingerprint density at radius 2 is 2.04 bits per heavy atom. The summed E-state index contributed by atoms with van der Waals surface area (Å²) in [5, 5.41) is 10.1. The third-order valence-electron chi connectivity index (χ3n) is 5.36. The summed E-state index contributed by atoms with van der Waals surface area (Å²) >= 11 is 5.26. The lowest BCUT2D eigenvalue weighted by Crippen LogP contribution is -2.43. The number of nitrogens with one attached hydrogen (secondary N) is 2. The molecular formula is C17H26N4O2S. The van der Waals surface area contributed by atoms with Gasteiger partial charge in [0.25, 0.3) is 0 Å². The Balaban J connectivity index is 1.54. The zero-order chi connectivity index (χ0) is 17.3. The van der Waals surface area contributed by atoms with E-state index in [4.69, 9.17) is 12.2 Å². The Hall–Kier alpha value is -1.50. The van der Waals surface area contributed by atoms with Gasteiger partial charge in [-0.2, -0.15) is 5.10 Å². The number of carbonyl (C=O) groups excluding carboxylic acids is 2. The molecule has 2 aliphatic rings. The van der Waals surface area contributed by atoms with Gasteiger partial charge in [-0.25, -0.2) is 0 Å². The van der Waals surface area contributed by atoms with E-state index >= 15 is 0 Å². The predicted molar refractivity (Wildman–Crippen MR) is 93.1 cm³/mol. The van der Waals surface area contributed by atoms with Crippen molar-refractivity contribution in [2.45, 2.75) is 58.4 Å². The third kappa shape index (κ3) is 3.45. The van der Waals surface area contributed by atoms with E-state index in [-0.39, 0.29) is 29.6 Å². The molecule has 0 aliphatic heterocycles. The first-order valence-corrected chi connectivity index (χ1v) is 9.34. The molecule has 7 heteroatoms. The summed E-state index contributed by atoms with van der Waals surface area (Å²) in [6, 6.07) is 0. The Bertz CT molecular complexity index is 662. The summed E-state index contributed by atoms with van der Waals surface area (Å²) < 4.78 is 2.53. The molecule has 0 aromatic carbocycles. The van der Waals surface area contributed by atoms with Gasteiger partial charge in [-0.05, 0) is 37.9 Å². The molecule has 24 heavy (non-hydrogen) atoms. The number of carbonyl (C=O) groups is 2. The van der Waals surface area contributed by atoms with Crippen molar-refractivity contribution in [3.63, 3.8) is 0 Å². The van der Waals surface area contributed by atoms with Gasteiger partial charge in [0.15, 0.2) is 4.77 Å². The molecular weight excluding hydrogens is 324 g/mol. The maximum atomic E-state index is 12.5. The van der Waals surface area contributed by atoms with Crippen LogP contribution in [-0.4, -0.2) is 33.0 Å². The minimum absolute atomic E-state index is 0.0140. The van der Waals surface area contributed by atoms with Crippen molar-refractivity contribution in [3.8, 4) is 0 Å². The molecule has 0 spiro atoms. The second kappa shape index (κ2) is 7.17. The number of amides is 1. The summed E-state index contributed by atoms with van der Waals surface area (Å²) in [4.78, 5) is 24.6. The van der Waals surface area contributed by atoms with Crippen LogP contribution < -0.4 is 5.32 Å². The first-order chi connectivity index (χ1) is 11.5. The van der Waals surface area contributed by atoms with E-state index in [9.17, 15) is 9.59 Å². The third-order valence-corrected chi connectivity index (χ3v) is 5.67. The lowest BCUT2D eigenvalue weighted by Gasteiger charge is -2.36. The number of rotatable bonds is 5. The molecule has 0 saturated heterocycles. The number of nitrogens with zero attached hydrogens (tertiary/aromatic N) is 2. The average Bonchev–Trinajstić information content (AvgIpc) is 2.88. The van der Waals surface area contributed by atoms with E-state index in [0.29, 0.717) is 23.6 Å². The fourth-order valence-electron chi connectivity index (χ4n) is 4.12. The second-order valence-corrected chi connectivity index (χ2v) is 7.77. The monoisotopic (exact) mass is 350 g/mol. The summed E-state index contributed by atoms with van der Waals surface area (Å²) in [6.45, 7) is 5.29. The first-order valence-electron chi connectivity index (χ1n) is 8.94. The van der Waals surface area contributed by atoms with E-state index < -0.39 is 0 Å². The van der Waals surface area contributed by atoms with Gasteiger partial charge < -0.3 is 9.88 Å². The molecule has 2 fully saturated rings. The van der Waals surface area contributed by atoms with Crippen molar-refractivity contribution in [1.29, 1.82) is 0 Å². The predicted octanol–water partition coefficient (Wildman–Crippen LogP) is 2.58. The smallest absolute Gasteiger partial charge is 0.223 e. The van der Waals surface area contributed by atoms with E-state index in [0.717, 1.165) is 37.9 Å². The highest BCUT2D eigenvalue weighted by Gasteiger charge is 2.41. The van der Waals surface area contributed by atoms with Gasteiger partial charge in [-0.1, -0.05) is 20.3 Å². The van der Waals surface area contributed by atoms with Gasteiger partial charge in [-0.3, -0.25) is 14.7 Å². The molecule has 2 aliphatic carbocycles. The molecule has 1 heterocycles. The summed E-state index contributed by atoms with van der Waals surface area (Å²) in [5.74, 6) is 1.88. The zero-order valence-corrected chi connectivity index (χ0v) is 15.2. The SMILES string of the molecule is CC(C)c1n[nH]c(=S)n1CCNC(=O)C1C[C@H]2CCC[C@@H](C1)C2=O. The lowest BCUT2D eigenvalue weighted by atomic mass is 9.67. The van der Waals surface area contributed by atoms with Crippen molar-refractivity contribution in [2.75, 3.05) is 6.54 Å². The molecule has 0 radical (unpaired) electrons. The largest absolute Gasteiger partial charge is 0.354 e. The fraction of sp³-hybridized carbons (Fsp3) is 0.765. The molecule has 3 rings (SSSR count). The molecule has 1 aromatic heterocycles. The zero-order valence-electron chi connectivity index (χ0n) is 14.4. The van der Waals surface area contributed by atoms with Gasteiger partial charge in [0.2, 0.25) is 5.91 Å². The molecule has 2 saturated carbocycles. The number of hydrogen-bond acceptors (Lipinski definition) is 4. The number of aromatic amines is 1. The number of Topliss-reactive ketones (excluding diaryl/α,β-unsaturated/α-hetero) is 1. The van der Waals surface area contributed by atoms with Gasteiger partial charge in [0.05, 0.1) is 0 Å².